The maximum absolute atomic E-state index is 11.8. The first kappa shape index (κ1) is 20.4. The van der Waals surface area contributed by atoms with Gasteiger partial charge < -0.3 is 14.2 Å². The summed E-state index contributed by atoms with van der Waals surface area (Å²) in [6.45, 7) is 4.47. The van der Waals surface area contributed by atoms with Crippen LogP contribution in [0.3, 0.4) is 0 Å². The lowest BCUT2D eigenvalue weighted by Gasteiger charge is -2.32. The molecule has 5 heteroatoms. The summed E-state index contributed by atoms with van der Waals surface area (Å²) in [5.41, 5.74) is 0. The summed E-state index contributed by atoms with van der Waals surface area (Å²) < 4.78 is 17.2. The highest BCUT2D eigenvalue weighted by Gasteiger charge is 2.51. The van der Waals surface area contributed by atoms with Gasteiger partial charge in [0.1, 0.15) is 12.2 Å². The number of unbranched alkanes of at least 4 members (excludes halogenated alkanes) is 2. The highest BCUT2D eigenvalue weighted by Crippen LogP contribution is 2.48. The summed E-state index contributed by atoms with van der Waals surface area (Å²) in [6, 6.07) is 0. The molecule has 3 rings (SSSR count). The van der Waals surface area contributed by atoms with Gasteiger partial charge in [0.15, 0.2) is 0 Å². The molecule has 0 bridgehead atoms. The molecular weight excluding hydrogens is 344 g/mol. The van der Waals surface area contributed by atoms with Crippen LogP contribution in [-0.4, -0.2) is 36.9 Å². The average Bonchev–Trinajstić information content (AvgIpc) is 3.16. The van der Waals surface area contributed by atoms with Crippen LogP contribution in [0.1, 0.15) is 71.6 Å². The SMILES string of the molecule is CCCCC[C@H](C=C[C@H]1[C@H]2CC(=O)O[C@H]2C[C@H]1C1CCCCO1)OC(C)=O. The minimum absolute atomic E-state index is 0.0231. The number of ether oxygens (including phenoxy) is 3. The van der Waals surface area contributed by atoms with Crippen LogP contribution in [-0.2, 0) is 23.8 Å². The van der Waals surface area contributed by atoms with Gasteiger partial charge in [-0.2, -0.15) is 0 Å². The van der Waals surface area contributed by atoms with E-state index in [0.29, 0.717) is 12.3 Å². The Bertz CT molecular complexity index is 537. The Hall–Kier alpha value is -1.36. The molecule has 2 aliphatic heterocycles. The standard InChI is InChI=1S/C22H34O5/c1-3-4-5-8-16(26-15(2)23)10-11-17-18(20-9-6-7-12-25-20)13-21-19(17)14-22(24)27-21/h10-11,16-21H,3-9,12-14H2,1-2H3/t16-,17-,18-,19-,20?,21+/m1/s1. The number of hydrogen-bond donors (Lipinski definition) is 0. The minimum Gasteiger partial charge on any atom is -0.462 e. The summed E-state index contributed by atoms with van der Waals surface area (Å²) in [5, 5.41) is 0. The second-order valence-electron chi connectivity index (χ2n) is 8.31. The van der Waals surface area contributed by atoms with E-state index in [1.165, 1.54) is 13.3 Å². The number of carbonyl (C=O) groups excluding carboxylic acids is 2. The van der Waals surface area contributed by atoms with Crippen molar-refractivity contribution in [2.24, 2.45) is 17.8 Å². The number of carbonyl (C=O) groups is 2. The molecule has 0 radical (unpaired) electrons. The molecule has 5 nitrogen and oxygen atoms in total. The van der Waals surface area contributed by atoms with Gasteiger partial charge in [0.2, 0.25) is 0 Å². The van der Waals surface area contributed by atoms with Crippen molar-refractivity contribution in [1.29, 1.82) is 0 Å². The number of rotatable bonds is 8. The van der Waals surface area contributed by atoms with Gasteiger partial charge in [-0.25, -0.2) is 0 Å². The molecule has 0 aromatic heterocycles. The van der Waals surface area contributed by atoms with Crippen LogP contribution in [0.5, 0.6) is 0 Å². The normalized spacial score (nSPS) is 34.4. The molecule has 1 saturated carbocycles. The van der Waals surface area contributed by atoms with E-state index in [-0.39, 0.29) is 42.1 Å². The van der Waals surface area contributed by atoms with Gasteiger partial charge in [-0.3, -0.25) is 9.59 Å². The lowest BCUT2D eigenvalue weighted by Crippen LogP contribution is -2.31. The van der Waals surface area contributed by atoms with Gasteiger partial charge in [-0.1, -0.05) is 25.8 Å². The number of fused-ring (bicyclic) bond motifs is 1. The van der Waals surface area contributed by atoms with Crippen LogP contribution in [0, 0.1) is 17.8 Å². The molecule has 2 saturated heterocycles. The van der Waals surface area contributed by atoms with E-state index in [4.69, 9.17) is 14.2 Å². The summed E-state index contributed by atoms with van der Waals surface area (Å²) in [7, 11) is 0. The topological polar surface area (TPSA) is 61.8 Å². The molecule has 3 fully saturated rings. The van der Waals surface area contributed by atoms with E-state index in [1.54, 1.807) is 0 Å². The van der Waals surface area contributed by atoms with Crippen molar-refractivity contribution in [3.63, 3.8) is 0 Å². The van der Waals surface area contributed by atoms with Gasteiger partial charge in [0, 0.05) is 19.4 Å². The lowest BCUT2D eigenvalue weighted by molar-refractivity contribution is -0.144. The molecule has 6 atom stereocenters. The molecule has 0 aromatic carbocycles. The van der Waals surface area contributed by atoms with Gasteiger partial charge >= 0.3 is 11.9 Å². The summed E-state index contributed by atoms with van der Waals surface area (Å²) in [5.74, 6) is 0.563. The van der Waals surface area contributed by atoms with Crippen molar-refractivity contribution in [3.8, 4) is 0 Å². The van der Waals surface area contributed by atoms with Crippen molar-refractivity contribution in [2.75, 3.05) is 6.61 Å². The fourth-order valence-electron chi connectivity index (χ4n) is 5.02. The molecule has 27 heavy (non-hydrogen) atoms. The van der Waals surface area contributed by atoms with Crippen molar-refractivity contribution in [1.82, 2.24) is 0 Å². The number of hydrogen-bond acceptors (Lipinski definition) is 5. The zero-order chi connectivity index (χ0) is 19.2. The van der Waals surface area contributed by atoms with Gasteiger partial charge in [-0.15, -0.1) is 0 Å². The third-order valence-electron chi connectivity index (χ3n) is 6.31. The van der Waals surface area contributed by atoms with E-state index in [9.17, 15) is 9.59 Å². The van der Waals surface area contributed by atoms with E-state index in [1.807, 2.05) is 0 Å². The van der Waals surface area contributed by atoms with Gasteiger partial charge in [0.25, 0.3) is 0 Å². The zero-order valence-corrected chi connectivity index (χ0v) is 16.7. The predicted octanol–water partition coefficient (Wildman–Crippen LogP) is 4.19. The second kappa shape index (κ2) is 9.72. The van der Waals surface area contributed by atoms with Crippen LogP contribution >= 0.6 is 0 Å². The lowest BCUT2D eigenvalue weighted by atomic mass is 9.82. The monoisotopic (exact) mass is 378 g/mol. The Morgan fingerprint density at radius 3 is 2.81 bits per heavy atom. The first-order chi connectivity index (χ1) is 13.1. The van der Waals surface area contributed by atoms with Crippen LogP contribution in [0.25, 0.3) is 0 Å². The average molecular weight is 379 g/mol. The van der Waals surface area contributed by atoms with Crippen LogP contribution in [0.4, 0.5) is 0 Å². The maximum atomic E-state index is 11.8. The Kier molecular flexibility index (Phi) is 7.33. The Balaban J connectivity index is 1.70. The first-order valence-electron chi connectivity index (χ1n) is 10.7. The van der Waals surface area contributed by atoms with E-state index < -0.39 is 0 Å². The van der Waals surface area contributed by atoms with E-state index >= 15 is 0 Å². The van der Waals surface area contributed by atoms with Gasteiger partial charge in [-0.05, 0) is 56.4 Å². The largest absolute Gasteiger partial charge is 0.462 e. The molecule has 152 valence electrons. The smallest absolute Gasteiger partial charge is 0.306 e. The molecule has 0 amide bonds. The Morgan fingerprint density at radius 2 is 2.11 bits per heavy atom. The van der Waals surface area contributed by atoms with Crippen molar-refractivity contribution >= 4 is 11.9 Å². The van der Waals surface area contributed by atoms with E-state index in [2.05, 4.69) is 19.1 Å². The number of allylic oxidation sites excluding steroid dienone is 1. The van der Waals surface area contributed by atoms with Crippen LogP contribution in [0.2, 0.25) is 0 Å². The minimum atomic E-state index is -0.239. The highest BCUT2D eigenvalue weighted by molar-refractivity contribution is 5.72. The van der Waals surface area contributed by atoms with Crippen LogP contribution < -0.4 is 0 Å². The maximum Gasteiger partial charge on any atom is 0.306 e. The zero-order valence-electron chi connectivity index (χ0n) is 16.7. The van der Waals surface area contributed by atoms with Crippen molar-refractivity contribution in [3.05, 3.63) is 12.2 Å². The quantitative estimate of drug-likeness (QED) is 0.360. The molecule has 0 spiro atoms. The van der Waals surface area contributed by atoms with Crippen LogP contribution in [0.15, 0.2) is 12.2 Å². The fourth-order valence-corrected chi connectivity index (χ4v) is 5.02. The molecule has 1 aliphatic carbocycles. The molecule has 0 aromatic rings. The Morgan fingerprint density at radius 1 is 1.26 bits per heavy atom. The summed E-state index contributed by atoms with van der Waals surface area (Å²) in [6.07, 6.45) is 13.4. The number of esters is 2. The van der Waals surface area contributed by atoms with Crippen molar-refractivity contribution in [2.45, 2.75) is 89.9 Å². The Labute approximate surface area is 162 Å². The summed E-state index contributed by atoms with van der Waals surface area (Å²) in [4.78, 5) is 23.3. The molecule has 1 unspecified atom stereocenters. The predicted molar refractivity (Wildman–Crippen MR) is 102 cm³/mol. The molecular formula is C22H34O5. The highest BCUT2D eigenvalue weighted by atomic mass is 16.6. The van der Waals surface area contributed by atoms with Gasteiger partial charge in [0.05, 0.1) is 12.5 Å². The molecule has 2 heterocycles. The molecule has 0 N–H and O–H groups in total. The molecule has 3 aliphatic rings. The second-order valence-corrected chi connectivity index (χ2v) is 8.31. The van der Waals surface area contributed by atoms with E-state index in [0.717, 1.165) is 51.6 Å². The third-order valence-corrected chi connectivity index (χ3v) is 6.31. The third kappa shape index (κ3) is 5.34. The fraction of sp³-hybridized carbons (Fsp3) is 0.818. The summed E-state index contributed by atoms with van der Waals surface area (Å²) >= 11 is 0. The first-order valence-corrected chi connectivity index (χ1v) is 10.7. The van der Waals surface area contributed by atoms with Crippen molar-refractivity contribution < 1.29 is 23.8 Å².